The van der Waals surface area contributed by atoms with Crippen LogP contribution in [0.1, 0.15) is 23.4 Å². The molecule has 4 rings (SSSR count). The van der Waals surface area contributed by atoms with Crippen LogP contribution in [0.25, 0.3) is 11.4 Å². The Morgan fingerprint density at radius 1 is 1.27 bits per heavy atom. The van der Waals surface area contributed by atoms with Gasteiger partial charge in [0.1, 0.15) is 6.04 Å². The van der Waals surface area contributed by atoms with Gasteiger partial charge >= 0.3 is 0 Å². The number of carbonyl (C=O) groups excluding carboxylic acids is 2. The van der Waals surface area contributed by atoms with Crippen LogP contribution in [-0.4, -0.2) is 44.5 Å². The van der Waals surface area contributed by atoms with Gasteiger partial charge in [-0.25, -0.2) is 0 Å². The Labute approximate surface area is 182 Å². The zero-order chi connectivity index (χ0) is 21.1. The second-order valence-corrected chi connectivity index (χ2v) is 8.97. The van der Waals surface area contributed by atoms with Crippen LogP contribution in [-0.2, 0) is 16.0 Å². The quantitative estimate of drug-likeness (QED) is 0.623. The smallest absolute Gasteiger partial charge is 0.248 e. The molecule has 2 amide bonds. The molecule has 7 nitrogen and oxygen atoms in total. The Balaban J connectivity index is 1.35. The lowest BCUT2D eigenvalue weighted by atomic mass is 10.1. The van der Waals surface area contributed by atoms with Crippen LogP contribution >= 0.6 is 23.1 Å². The number of benzene rings is 1. The minimum Gasteiger partial charge on any atom is -0.339 e. The summed E-state index contributed by atoms with van der Waals surface area (Å²) < 4.78 is 5.26. The van der Waals surface area contributed by atoms with E-state index in [1.807, 2.05) is 48.9 Å². The Kier molecular flexibility index (Phi) is 6.19. The van der Waals surface area contributed by atoms with Crippen LogP contribution in [0, 0.1) is 13.8 Å². The predicted octanol–water partition coefficient (Wildman–Crippen LogP) is 3.89. The van der Waals surface area contributed by atoms with Crippen molar-refractivity contribution in [2.24, 2.45) is 0 Å². The molecule has 1 fully saturated rings. The van der Waals surface area contributed by atoms with Crippen molar-refractivity contribution in [1.82, 2.24) is 15.0 Å². The first-order valence-electron chi connectivity index (χ1n) is 9.62. The Bertz CT molecular complexity index is 1050. The fourth-order valence-corrected chi connectivity index (χ4v) is 4.99. The van der Waals surface area contributed by atoms with Crippen molar-refractivity contribution in [3.05, 3.63) is 52.0 Å². The highest BCUT2D eigenvalue weighted by atomic mass is 32.2. The second kappa shape index (κ2) is 9.01. The van der Waals surface area contributed by atoms with Crippen LogP contribution in [0.4, 0.5) is 5.69 Å². The molecule has 0 aliphatic carbocycles. The van der Waals surface area contributed by atoms with Crippen LogP contribution in [0.2, 0.25) is 0 Å². The Morgan fingerprint density at radius 3 is 2.90 bits per heavy atom. The van der Waals surface area contributed by atoms with Crippen molar-refractivity contribution in [1.29, 1.82) is 0 Å². The number of aromatic nitrogens is 2. The summed E-state index contributed by atoms with van der Waals surface area (Å²) in [6.45, 7) is 4.04. The number of nitrogens with one attached hydrogen (secondary N) is 1. The molecule has 1 N–H and O–H groups in total. The van der Waals surface area contributed by atoms with Crippen molar-refractivity contribution >= 4 is 40.6 Å². The van der Waals surface area contributed by atoms with E-state index in [1.54, 1.807) is 28.0 Å². The minimum absolute atomic E-state index is 0.0875. The summed E-state index contributed by atoms with van der Waals surface area (Å²) in [5.41, 5.74) is 3.94. The van der Waals surface area contributed by atoms with E-state index >= 15 is 0 Å². The Hall–Kier alpha value is -2.65. The van der Waals surface area contributed by atoms with Crippen LogP contribution < -0.4 is 5.32 Å². The number of aryl methyl sites for hydroxylation is 3. The standard InChI is InChI=1S/C21H22N4O3S2/c1-13-3-4-16(9-14(13)2)22-21(27)17-11-30-12-25(17)19(26)6-5-18-23-20(24-28-18)15-7-8-29-10-15/h3-4,7-10,17H,5-6,11-12H2,1-2H3,(H,22,27). The molecule has 9 heteroatoms. The van der Waals surface area contributed by atoms with Crippen molar-refractivity contribution in [3.8, 4) is 11.4 Å². The van der Waals surface area contributed by atoms with Gasteiger partial charge in [-0.15, -0.1) is 11.8 Å². The molecule has 0 bridgehead atoms. The number of amides is 2. The average Bonchev–Trinajstić information content (AvgIpc) is 3.49. The summed E-state index contributed by atoms with van der Waals surface area (Å²) >= 11 is 3.14. The van der Waals surface area contributed by atoms with E-state index in [9.17, 15) is 9.59 Å². The molecular formula is C21H22N4O3S2. The van der Waals surface area contributed by atoms with Gasteiger partial charge in [0.15, 0.2) is 0 Å². The molecule has 3 heterocycles. The fraction of sp³-hybridized carbons (Fsp3) is 0.333. The fourth-order valence-electron chi connectivity index (χ4n) is 3.17. The van der Waals surface area contributed by atoms with Gasteiger partial charge in [-0.3, -0.25) is 9.59 Å². The number of hydrogen-bond acceptors (Lipinski definition) is 7. The van der Waals surface area contributed by atoms with E-state index in [0.29, 0.717) is 29.8 Å². The summed E-state index contributed by atoms with van der Waals surface area (Å²) in [6.07, 6.45) is 0.571. The second-order valence-electron chi connectivity index (χ2n) is 7.19. The third kappa shape index (κ3) is 4.57. The van der Waals surface area contributed by atoms with Gasteiger partial charge in [0.05, 0.1) is 5.88 Å². The lowest BCUT2D eigenvalue weighted by molar-refractivity contribution is -0.136. The summed E-state index contributed by atoms with van der Waals surface area (Å²) in [6, 6.07) is 7.25. The molecule has 1 aliphatic rings. The van der Waals surface area contributed by atoms with Gasteiger partial charge < -0.3 is 14.7 Å². The van der Waals surface area contributed by atoms with Crippen molar-refractivity contribution in [2.45, 2.75) is 32.7 Å². The van der Waals surface area contributed by atoms with Crippen molar-refractivity contribution in [3.63, 3.8) is 0 Å². The molecule has 1 saturated heterocycles. The normalized spacial score (nSPS) is 16.1. The molecule has 30 heavy (non-hydrogen) atoms. The van der Waals surface area contributed by atoms with Gasteiger partial charge in [0, 0.05) is 35.2 Å². The maximum absolute atomic E-state index is 12.8. The summed E-state index contributed by atoms with van der Waals surface area (Å²) in [4.78, 5) is 31.5. The molecule has 1 aliphatic heterocycles. The largest absolute Gasteiger partial charge is 0.339 e. The molecule has 1 unspecified atom stereocenters. The van der Waals surface area contributed by atoms with E-state index in [0.717, 1.165) is 16.8 Å². The molecule has 1 atom stereocenters. The topological polar surface area (TPSA) is 88.3 Å². The van der Waals surface area contributed by atoms with E-state index in [2.05, 4.69) is 15.5 Å². The molecule has 0 spiro atoms. The number of anilines is 1. The van der Waals surface area contributed by atoms with Gasteiger partial charge in [-0.05, 0) is 48.6 Å². The first-order chi connectivity index (χ1) is 14.5. The van der Waals surface area contributed by atoms with Gasteiger partial charge in [0.2, 0.25) is 23.5 Å². The third-order valence-electron chi connectivity index (χ3n) is 5.08. The van der Waals surface area contributed by atoms with E-state index < -0.39 is 6.04 Å². The summed E-state index contributed by atoms with van der Waals surface area (Å²) in [5.74, 6) is 1.80. The molecule has 2 aromatic heterocycles. The maximum Gasteiger partial charge on any atom is 0.248 e. The van der Waals surface area contributed by atoms with Crippen LogP contribution in [0.15, 0.2) is 39.5 Å². The molecule has 0 saturated carbocycles. The van der Waals surface area contributed by atoms with Gasteiger partial charge in [-0.2, -0.15) is 16.3 Å². The predicted molar refractivity (Wildman–Crippen MR) is 118 cm³/mol. The third-order valence-corrected chi connectivity index (χ3v) is 6.78. The average molecular weight is 443 g/mol. The molecule has 1 aromatic carbocycles. The number of nitrogens with zero attached hydrogens (tertiary/aromatic N) is 3. The Morgan fingerprint density at radius 2 is 2.13 bits per heavy atom. The lowest BCUT2D eigenvalue weighted by Gasteiger charge is -2.23. The van der Waals surface area contributed by atoms with E-state index in [-0.39, 0.29) is 18.2 Å². The molecule has 3 aromatic rings. The molecule has 156 valence electrons. The lowest BCUT2D eigenvalue weighted by Crippen LogP contribution is -2.44. The molecular weight excluding hydrogens is 420 g/mol. The minimum atomic E-state index is -0.479. The SMILES string of the molecule is Cc1ccc(NC(=O)C2CSCN2C(=O)CCc2nc(-c3ccsc3)no2)cc1C. The van der Waals surface area contributed by atoms with Gasteiger partial charge in [0.25, 0.3) is 0 Å². The highest BCUT2D eigenvalue weighted by Crippen LogP contribution is 2.24. The number of thiophene rings is 1. The monoisotopic (exact) mass is 442 g/mol. The summed E-state index contributed by atoms with van der Waals surface area (Å²) in [7, 11) is 0. The first-order valence-corrected chi connectivity index (χ1v) is 11.7. The molecule has 0 radical (unpaired) electrons. The highest BCUT2D eigenvalue weighted by Gasteiger charge is 2.34. The van der Waals surface area contributed by atoms with Gasteiger partial charge in [-0.1, -0.05) is 11.2 Å². The van der Waals surface area contributed by atoms with Crippen molar-refractivity contribution in [2.75, 3.05) is 16.9 Å². The van der Waals surface area contributed by atoms with Crippen molar-refractivity contribution < 1.29 is 14.1 Å². The summed E-state index contributed by atoms with van der Waals surface area (Å²) in [5, 5.41) is 10.8. The van der Waals surface area contributed by atoms with E-state index in [1.165, 1.54) is 5.56 Å². The first kappa shape index (κ1) is 20.6. The number of rotatable bonds is 6. The highest BCUT2D eigenvalue weighted by molar-refractivity contribution is 7.99. The van der Waals surface area contributed by atoms with Crippen LogP contribution in [0.5, 0.6) is 0 Å². The van der Waals surface area contributed by atoms with E-state index in [4.69, 9.17) is 4.52 Å². The van der Waals surface area contributed by atoms with Crippen LogP contribution in [0.3, 0.4) is 0 Å². The number of hydrogen-bond donors (Lipinski definition) is 1. The number of carbonyl (C=O) groups is 2. The maximum atomic E-state index is 12.8. The zero-order valence-electron chi connectivity index (χ0n) is 16.8. The number of thioether (sulfide) groups is 1. The zero-order valence-corrected chi connectivity index (χ0v) is 18.4.